The molecular weight excluding hydrogens is 236 g/mol. The summed E-state index contributed by atoms with van der Waals surface area (Å²) in [5.41, 5.74) is 0. The van der Waals surface area contributed by atoms with Gasteiger partial charge in [-0.1, -0.05) is 0 Å². The van der Waals surface area contributed by atoms with Crippen LogP contribution >= 0.6 is 0 Å². The molecule has 0 rings (SSSR count). The minimum atomic E-state index is -0.872. The molecule has 1 N–H and O–H groups in total. The number of rotatable bonds is 9. The van der Waals surface area contributed by atoms with E-state index < -0.39 is 12.1 Å². The first-order chi connectivity index (χ1) is 7.99. The van der Waals surface area contributed by atoms with Gasteiger partial charge in [0.05, 0.1) is 48.7 Å². The van der Waals surface area contributed by atoms with Crippen LogP contribution in [0, 0.1) is 0 Å². The second kappa shape index (κ2) is 7.04. The monoisotopic (exact) mass is 264 g/mol. The second-order valence-corrected chi connectivity index (χ2v) is 6.62. The Morgan fingerprint density at radius 2 is 1.67 bits per heavy atom. The molecule has 0 spiro atoms. The highest BCUT2D eigenvalue weighted by Gasteiger charge is 2.23. The Morgan fingerprint density at radius 1 is 1.11 bits per heavy atom. The minimum absolute atomic E-state index is 0.0418. The van der Waals surface area contributed by atoms with Gasteiger partial charge in [0.1, 0.15) is 19.7 Å². The molecule has 0 aliphatic rings. The van der Waals surface area contributed by atoms with Gasteiger partial charge in [0.15, 0.2) is 6.10 Å². The first-order valence-corrected chi connectivity index (χ1v) is 6.10. The third-order valence-corrected chi connectivity index (χ3v) is 2.20. The predicted molar refractivity (Wildman–Crippen MR) is 68.9 cm³/mol. The molecule has 0 aliphatic carbocycles. The number of hydrogen-bond acceptors (Lipinski definition) is 3. The molecule has 0 saturated heterocycles. The van der Waals surface area contributed by atoms with Gasteiger partial charge in [-0.3, -0.25) is 4.79 Å². The van der Waals surface area contributed by atoms with Crippen molar-refractivity contribution in [2.24, 2.45) is 0 Å². The Hall–Kier alpha value is -0.690. The van der Waals surface area contributed by atoms with Crippen LogP contribution in [0.2, 0.25) is 0 Å². The van der Waals surface area contributed by atoms with E-state index in [1.807, 2.05) is 21.1 Å². The van der Waals surface area contributed by atoms with Gasteiger partial charge >= 0.3 is 5.97 Å². The number of hydrogen-bond donors (Lipinski definition) is 1. The topological polar surface area (TPSA) is 55.8 Å². The van der Waals surface area contributed by atoms with Crippen molar-refractivity contribution in [2.75, 3.05) is 62.0 Å². The average Bonchev–Trinajstić information content (AvgIpc) is 2.06. The number of carboxylic acids is 1. The fourth-order valence-corrected chi connectivity index (χ4v) is 1.39. The zero-order chi connectivity index (χ0) is 14.4. The van der Waals surface area contributed by atoms with E-state index in [2.05, 4.69) is 21.1 Å². The molecule has 0 fully saturated rings. The normalized spacial score (nSPS) is 14.6. The van der Waals surface area contributed by atoms with Crippen molar-refractivity contribution >= 4 is 5.97 Å². The van der Waals surface area contributed by atoms with Crippen molar-refractivity contribution in [3.05, 3.63) is 0 Å². The lowest BCUT2D eigenvalue weighted by atomic mass is 10.2. The summed E-state index contributed by atoms with van der Waals surface area (Å²) in [6.07, 6.45) is -0.463. The Kier molecular flexibility index (Phi) is 6.77. The van der Waals surface area contributed by atoms with Crippen LogP contribution in [0.1, 0.15) is 6.42 Å². The lowest BCUT2D eigenvalue weighted by molar-refractivity contribution is -0.877. The van der Waals surface area contributed by atoms with Crippen molar-refractivity contribution < 1.29 is 28.6 Å². The van der Waals surface area contributed by atoms with Crippen LogP contribution in [0.4, 0.5) is 0 Å². The smallest absolute Gasteiger partial charge is 0.306 e. The Balaban J connectivity index is 4.06. The average molecular weight is 264 g/mol. The van der Waals surface area contributed by atoms with Gasteiger partial charge in [0, 0.05) is 0 Å². The van der Waals surface area contributed by atoms with E-state index >= 15 is 0 Å². The molecule has 108 valence electrons. The van der Waals surface area contributed by atoms with Crippen LogP contribution < -0.4 is 0 Å². The highest BCUT2D eigenvalue weighted by molar-refractivity contribution is 5.67. The number of aliphatic carboxylic acids is 1. The molecule has 0 aromatic carbocycles. The Labute approximate surface area is 110 Å². The van der Waals surface area contributed by atoms with Crippen LogP contribution in [0.5, 0.6) is 0 Å². The van der Waals surface area contributed by atoms with Gasteiger partial charge in [-0.25, -0.2) is 9.78 Å². The van der Waals surface area contributed by atoms with Gasteiger partial charge in [-0.15, -0.1) is 0 Å². The molecule has 6 nitrogen and oxygen atoms in total. The molecule has 0 aliphatic heterocycles. The lowest BCUT2D eigenvalue weighted by Gasteiger charge is -2.28. The Morgan fingerprint density at radius 3 is 2.06 bits per heavy atom. The molecule has 0 unspecified atom stereocenters. The van der Waals surface area contributed by atoms with Crippen molar-refractivity contribution in [2.45, 2.75) is 12.5 Å². The standard InChI is InChI=1S/C12H27N2O4/c1-13(2,3)7-8-17-18-11(9-12(15)16)10-14(4,5)6/h11H,7-10H2,1-6H3/q+1/p+1/t11-/m1/s1. The van der Waals surface area contributed by atoms with E-state index in [4.69, 9.17) is 14.9 Å². The van der Waals surface area contributed by atoms with Crippen LogP contribution in [0.3, 0.4) is 0 Å². The van der Waals surface area contributed by atoms with E-state index in [1.54, 1.807) is 0 Å². The summed E-state index contributed by atoms with van der Waals surface area (Å²) in [7, 11) is 12.1. The van der Waals surface area contributed by atoms with Crippen molar-refractivity contribution in [1.29, 1.82) is 0 Å². The number of carboxylic acid groups (broad SMARTS) is 1. The fraction of sp³-hybridized carbons (Fsp3) is 0.917. The minimum Gasteiger partial charge on any atom is -0.481 e. The summed E-state index contributed by atoms with van der Waals surface area (Å²) in [5.74, 6) is -0.872. The quantitative estimate of drug-likeness (QED) is 0.279. The highest BCUT2D eigenvalue weighted by atomic mass is 17.2. The summed E-state index contributed by atoms with van der Waals surface area (Å²) in [5, 5.41) is 8.82. The maximum Gasteiger partial charge on any atom is 0.306 e. The van der Waals surface area contributed by atoms with Gasteiger partial charge in [0.25, 0.3) is 0 Å². The highest BCUT2D eigenvalue weighted by Crippen LogP contribution is 2.05. The van der Waals surface area contributed by atoms with E-state index in [-0.39, 0.29) is 6.42 Å². The molecule has 0 saturated carbocycles. The van der Waals surface area contributed by atoms with Gasteiger partial charge in [0.2, 0.25) is 0 Å². The maximum atomic E-state index is 10.7. The SMILES string of the molecule is C[N+](C)(C)CCOO[C@H](CC(=O)O)C[N+](C)(C)C. The van der Waals surface area contributed by atoms with E-state index in [9.17, 15) is 4.79 Å². The van der Waals surface area contributed by atoms with Gasteiger partial charge in [-0.05, 0) is 0 Å². The van der Waals surface area contributed by atoms with Crippen molar-refractivity contribution in [3.8, 4) is 0 Å². The molecule has 0 amide bonds. The molecule has 0 aromatic rings. The van der Waals surface area contributed by atoms with Crippen molar-refractivity contribution in [3.63, 3.8) is 0 Å². The van der Waals surface area contributed by atoms with Crippen LogP contribution in [0.25, 0.3) is 0 Å². The summed E-state index contributed by atoms with van der Waals surface area (Å²) >= 11 is 0. The molecule has 0 aromatic heterocycles. The van der Waals surface area contributed by atoms with E-state index in [1.165, 1.54) is 0 Å². The Bertz CT molecular complexity index is 256. The number of carbonyl (C=O) groups is 1. The molecule has 0 heterocycles. The fourth-order valence-electron chi connectivity index (χ4n) is 1.39. The first-order valence-electron chi connectivity index (χ1n) is 6.10. The summed E-state index contributed by atoms with van der Waals surface area (Å²) in [6, 6.07) is 0. The van der Waals surface area contributed by atoms with Crippen LogP contribution in [-0.4, -0.2) is 88.1 Å². The summed E-state index contributed by atoms with van der Waals surface area (Å²) in [6.45, 7) is 1.86. The summed E-state index contributed by atoms with van der Waals surface area (Å²) in [4.78, 5) is 21.1. The maximum absolute atomic E-state index is 10.7. The van der Waals surface area contributed by atoms with Crippen LogP contribution in [-0.2, 0) is 14.6 Å². The van der Waals surface area contributed by atoms with Crippen LogP contribution in [0.15, 0.2) is 0 Å². The third-order valence-electron chi connectivity index (χ3n) is 2.20. The zero-order valence-electron chi connectivity index (χ0n) is 12.5. The molecule has 1 atom stereocenters. The molecular formula is C12H28N2O4+2. The van der Waals surface area contributed by atoms with Gasteiger partial charge in [-0.2, -0.15) is 0 Å². The number of quaternary nitrogens is 2. The van der Waals surface area contributed by atoms with E-state index in [0.29, 0.717) is 17.6 Å². The van der Waals surface area contributed by atoms with E-state index in [0.717, 1.165) is 11.0 Å². The number of likely N-dealkylation sites (N-methyl/N-ethyl adjacent to an activating group) is 2. The molecule has 0 radical (unpaired) electrons. The molecule has 6 heteroatoms. The molecule has 0 bridgehead atoms. The largest absolute Gasteiger partial charge is 0.481 e. The predicted octanol–water partition coefficient (Wildman–Crippen LogP) is 0.190. The van der Waals surface area contributed by atoms with Crippen molar-refractivity contribution in [1.82, 2.24) is 0 Å². The number of nitrogens with zero attached hydrogens (tertiary/aromatic N) is 2. The zero-order valence-corrected chi connectivity index (χ0v) is 12.5. The lowest BCUT2D eigenvalue weighted by Crippen LogP contribution is -2.43. The second-order valence-electron chi connectivity index (χ2n) is 6.62. The first kappa shape index (κ1) is 17.3. The third kappa shape index (κ3) is 11.8. The molecule has 18 heavy (non-hydrogen) atoms. The van der Waals surface area contributed by atoms with Gasteiger partial charge < -0.3 is 14.1 Å². The summed E-state index contributed by atoms with van der Waals surface area (Å²) < 4.78 is 1.42.